The maximum absolute atomic E-state index is 13.2. The summed E-state index contributed by atoms with van der Waals surface area (Å²) in [6.07, 6.45) is 3.49. The third kappa shape index (κ3) is 6.10. The molecular weight excluding hydrogens is 454 g/mol. The zero-order valence-electron chi connectivity index (χ0n) is 16.6. The lowest BCUT2D eigenvalue weighted by atomic mass is 10.2. The molecule has 31 heavy (non-hydrogen) atoms. The fourth-order valence-electron chi connectivity index (χ4n) is 2.68. The number of hydrazone groups is 1. The molecular formula is C22H20ClN3O3S2. The average molecular weight is 474 g/mol. The lowest BCUT2D eigenvalue weighted by Crippen LogP contribution is -2.39. The van der Waals surface area contributed by atoms with E-state index >= 15 is 0 Å². The van der Waals surface area contributed by atoms with Crippen molar-refractivity contribution >= 4 is 51.2 Å². The van der Waals surface area contributed by atoms with Crippen molar-refractivity contribution in [2.45, 2.75) is 9.79 Å². The fourth-order valence-corrected chi connectivity index (χ4v) is 4.65. The number of rotatable bonds is 8. The van der Waals surface area contributed by atoms with Crippen LogP contribution in [0.2, 0.25) is 5.02 Å². The Labute approximate surface area is 191 Å². The molecule has 0 saturated carbocycles. The predicted octanol–water partition coefficient (Wildman–Crippen LogP) is 4.41. The number of anilines is 1. The molecule has 0 bridgehead atoms. The van der Waals surface area contributed by atoms with Crippen LogP contribution in [0, 0.1) is 0 Å². The molecule has 0 aromatic heterocycles. The van der Waals surface area contributed by atoms with Crippen molar-refractivity contribution < 1.29 is 13.2 Å². The highest BCUT2D eigenvalue weighted by molar-refractivity contribution is 7.98. The number of nitrogens with one attached hydrogen (secondary N) is 1. The molecule has 0 aliphatic rings. The first-order chi connectivity index (χ1) is 14.9. The number of sulfonamides is 1. The number of hydrogen-bond acceptors (Lipinski definition) is 5. The topological polar surface area (TPSA) is 78.8 Å². The van der Waals surface area contributed by atoms with Crippen LogP contribution in [0.4, 0.5) is 5.69 Å². The van der Waals surface area contributed by atoms with Crippen molar-refractivity contribution in [3.8, 4) is 0 Å². The number of thioether (sulfide) groups is 1. The zero-order valence-corrected chi connectivity index (χ0v) is 19.0. The second kappa shape index (κ2) is 10.5. The number of halogens is 1. The number of hydrogen-bond donors (Lipinski definition) is 1. The first kappa shape index (κ1) is 22.9. The fraction of sp³-hybridized carbons (Fsp3) is 0.0909. The van der Waals surface area contributed by atoms with Crippen LogP contribution in [0.15, 0.2) is 93.8 Å². The summed E-state index contributed by atoms with van der Waals surface area (Å²) in [5.74, 6) is -0.577. The first-order valence-corrected chi connectivity index (χ1v) is 12.2. The average Bonchev–Trinajstić information content (AvgIpc) is 2.79. The second-order valence-electron chi connectivity index (χ2n) is 6.37. The molecule has 0 fully saturated rings. The molecule has 0 heterocycles. The molecule has 0 spiro atoms. The van der Waals surface area contributed by atoms with Crippen molar-refractivity contribution in [2.75, 3.05) is 17.1 Å². The number of nitrogens with zero attached hydrogens (tertiary/aromatic N) is 2. The lowest BCUT2D eigenvalue weighted by molar-refractivity contribution is -0.119. The molecule has 3 rings (SSSR count). The van der Waals surface area contributed by atoms with Crippen LogP contribution >= 0.6 is 23.4 Å². The molecule has 0 aliphatic heterocycles. The van der Waals surface area contributed by atoms with Gasteiger partial charge < -0.3 is 0 Å². The van der Waals surface area contributed by atoms with Gasteiger partial charge in [0.1, 0.15) is 6.54 Å². The summed E-state index contributed by atoms with van der Waals surface area (Å²) in [7, 11) is -3.97. The molecule has 0 aliphatic carbocycles. The Morgan fingerprint density at radius 1 is 1.03 bits per heavy atom. The summed E-state index contributed by atoms with van der Waals surface area (Å²) in [6, 6.07) is 21.8. The zero-order chi connectivity index (χ0) is 22.3. The molecule has 0 atom stereocenters. The van der Waals surface area contributed by atoms with Crippen LogP contribution in [0.1, 0.15) is 5.56 Å². The van der Waals surface area contributed by atoms with Gasteiger partial charge in [-0.15, -0.1) is 11.8 Å². The molecule has 9 heteroatoms. The van der Waals surface area contributed by atoms with E-state index in [1.807, 2.05) is 30.5 Å². The van der Waals surface area contributed by atoms with E-state index in [9.17, 15) is 13.2 Å². The summed E-state index contributed by atoms with van der Waals surface area (Å²) in [5.41, 5.74) is 3.52. The number of carbonyl (C=O) groups is 1. The minimum atomic E-state index is -3.97. The maximum Gasteiger partial charge on any atom is 0.264 e. The minimum Gasteiger partial charge on any atom is -0.271 e. The van der Waals surface area contributed by atoms with Gasteiger partial charge in [0.15, 0.2) is 0 Å². The first-order valence-electron chi connectivity index (χ1n) is 9.19. The third-order valence-corrected chi connectivity index (χ3v) is 7.04. The Morgan fingerprint density at radius 3 is 2.29 bits per heavy atom. The van der Waals surface area contributed by atoms with Crippen LogP contribution in [0.25, 0.3) is 0 Å². The molecule has 160 valence electrons. The number of benzene rings is 3. The standard InChI is InChI=1S/C22H20ClN3O3S2/c1-30-20-13-7-17(8-14-20)15-24-25-22(27)16-26(19-11-9-18(23)10-12-19)31(28,29)21-5-3-2-4-6-21/h2-15H,16H2,1H3,(H,25,27)/b24-15-. The normalized spacial score (nSPS) is 11.4. The van der Waals surface area contributed by atoms with E-state index in [2.05, 4.69) is 10.5 Å². The minimum absolute atomic E-state index is 0.0788. The van der Waals surface area contributed by atoms with Crippen LogP contribution in [0.5, 0.6) is 0 Å². The second-order valence-corrected chi connectivity index (χ2v) is 9.55. The third-order valence-electron chi connectivity index (χ3n) is 4.25. The van der Waals surface area contributed by atoms with E-state index < -0.39 is 22.5 Å². The van der Waals surface area contributed by atoms with Gasteiger partial charge in [0.2, 0.25) is 0 Å². The van der Waals surface area contributed by atoms with Gasteiger partial charge in [-0.05, 0) is 60.4 Å². The van der Waals surface area contributed by atoms with Crippen molar-refractivity contribution in [3.05, 3.63) is 89.4 Å². The highest BCUT2D eigenvalue weighted by Gasteiger charge is 2.27. The molecule has 6 nitrogen and oxygen atoms in total. The quantitative estimate of drug-likeness (QED) is 0.298. The smallest absolute Gasteiger partial charge is 0.264 e. The Hall–Kier alpha value is -2.81. The predicted molar refractivity (Wildman–Crippen MR) is 126 cm³/mol. The van der Waals surface area contributed by atoms with E-state index in [1.54, 1.807) is 54.2 Å². The Morgan fingerprint density at radius 2 is 1.68 bits per heavy atom. The van der Waals surface area contributed by atoms with Crippen molar-refractivity contribution in [1.82, 2.24) is 5.43 Å². The van der Waals surface area contributed by atoms with Gasteiger partial charge in [0.25, 0.3) is 15.9 Å². The Kier molecular flexibility index (Phi) is 7.73. The summed E-state index contributed by atoms with van der Waals surface area (Å²) in [5, 5.41) is 4.40. The summed E-state index contributed by atoms with van der Waals surface area (Å²) >= 11 is 7.56. The Balaban J connectivity index is 1.78. The molecule has 1 N–H and O–H groups in total. The van der Waals surface area contributed by atoms with E-state index in [0.29, 0.717) is 10.7 Å². The van der Waals surface area contributed by atoms with Crippen molar-refractivity contribution in [3.63, 3.8) is 0 Å². The van der Waals surface area contributed by atoms with Crippen molar-refractivity contribution in [2.24, 2.45) is 5.10 Å². The van der Waals surface area contributed by atoms with Crippen LogP contribution in [-0.2, 0) is 14.8 Å². The number of carbonyl (C=O) groups excluding carboxylic acids is 1. The monoisotopic (exact) mass is 473 g/mol. The maximum atomic E-state index is 13.2. The van der Waals surface area contributed by atoms with E-state index in [0.717, 1.165) is 14.8 Å². The highest BCUT2D eigenvalue weighted by Crippen LogP contribution is 2.25. The highest BCUT2D eigenvalue weighted by atomic mass is 35.5. The van der Waals surface area contributed by atoms with Gasteiger partial charge in [0, 0.05) is 9.92 Å². The SMILES string of the molecule is CSc1ccc(/C=N\NC(=O)CN(c2ccc(Cl)cc2)S(=O)(=O)c2ccccc2)cc1. The van der Waals surface area contributed by atoms with E-state index in [1.165, 1.54) is 18.3 Å². The van der Waals surface area contributed by atoms with Crippen molar-refractivity contribution in [1.29, 1.82) is 0 Å². The van der Waals surface area contributed by atoms with Gasteiger partial charge in [-0.3, -0.25) is 9.10 Å². The lowest BCUT2D eigenvalue weighted by Gasteiger charge is -2.23. The molecule has 0 saturated heterocycles. The molecule has 0 radical (unpaired) electrons. The van der Waals surface area contributed by atoms with Gasteiger partial charge in [-0.1, -0.05) is 41.9 Å². The van der Waals surface area contributed by atoms with Crippen LogP contribution < -0.4 is 9.73 Å². The van der Waals surface area contributed by atoms with Crippen LogP contribution in [0.3, 0.4) is 0 Å². The van der Waals surface area contributed by atoms with Gasteiger partial charge in [-0.25, -0.2) is 13.8 Å². The summed E-state index contributed by atoms with van der Waals surface area (Å²) in [4.78, 5) is 13.7. The van der Waals surface area contributed by atoms with E-state index in [4.69, 9.17) is 11.6 Å². The van der Waals surface area contributed by atoms with Gasteiger partial charge in [-0.2, -0.15) is 5.10 Å². The molecule has 1 amide bonds. The summed E-state index contributed by atoms with van der Waals surface area (Å²) in [6.45, 7) is -0.443. The molecule has 3 aromatic rings. The molecule has 0 unspecified atom stereocenters. The van der Waals surface area contributed by atoms with E-state index in [-0.39, 0.29) is 4.90 Å². The Bertz CT molecular complexity index is 1150. The number of amides is 1. The van der Waals surface area contributed by atoms with Gasteiger partial charge in [0.05, 0.1) is 16.8 Å². The van der Waals surface area contributed by atoms with Crippen LogP contribution in [-0.4, -0.2) is 33.3 Å². The molecule has 3 aromatic carbocycles. The summed E-state index contributed by atoms with van der Waals surface area (Å²) < 4.78 is 27.4. The largest absolute Gasteiger partial charge is 0.271 e. The van der Waals surface area contributed by atoms with Gasteiger partial charge >= 0.3 is 0 Å².